The third-order valence-electron chi connectivity index (χ3n) is 6.41. The number of likely N-dealkylation sites (tertiary alicyclic amines) is 2. The Morgan fingerprint density at radius 2 is 0.889 bits per heavy atom. The van der Waals surface area contributed by atoms with E-state index in [-0.39, 0.29) is 13.2 Å². The third-order valence-corrected chi connectivity index (χ3v) is 6.41. The number of nitrogens with zero attached hydrogens (tertiary/aromatic N) is 2. The smallest absolute Gasteiger partial charge is 0.331 e. The Morgan fingerprint density at radius 3 is 1.19 bits per heavy atom. The van der Waals surface area contributed by atoms with E-state index < -0.39 is 46.1 Å². The minimum Gasteiger partial charge on any atom is -0.461 e. The molecular formula is C26H38N2O8. The molecule has 0 aromatic heterocycles. The topological polar surface area (TPSA) is 127 Å². The number of piperidine rings is 2. The Balaban J connectivity index is 1.79. The molecule has 0 aromatic rings. The summed E-state index contributed by atoms with van der Waals surface area (Å²) >= 11 is 0. The summed E-state index contributed by atoms with van der Waals surface area (Å²) < 4.78 is 10.1. The predicted molar refractivity (Wildman–Crippen MR) is 129 cm³/mol. The molecule has 2 saturated heterocycles. The Morgan fingerprint density at radius 1 is 0.583 bits per heavy atom. The molecule has 0 radical (unpaired) electrons. The van der Waals surface area contributed by atoms with Gasteiger partial charge in [-0.1, -0.05) is 0 Å². The molecule has 2 fully saturated rings. The number of ketones is 2. The van der Waals surface area contributed by atoms with Gasteiger partial charge in [-0.2, -0.15) is 0 Å². The van der Waals surface area contributed by atoms with Crippen LogP contribution in [-0.2, 0) is 38.2 Å². The van der Waals surface area contributed by atoms with Crippen molar-refractivity contribution in [3.8, 4) is 0 Å². The van der Waals surface area contributed by atoms with Crippen molar-refractivity contribution in [2.75, 3.05) is 39.4 Å². The summed E-state index contributed by atoms with van der Waals surface area (Å²) in [6, 6.07) is 0. The monoisotopic (exact) mass is 506 g/mol. The lowest BCUT2D eigenvalue weighted by Crippen LogP contribution is -2.46. The fourth-order valence-electron chi connectivity index (χ4n) is 3.93. The summed E-state index contributed by atoms with van der Waals surface area (Å²) in [5.74, 6) is -4.18. The first-order chi connectivity index (χ1) is 16.8. The van der Waals surface area contributed by atoms with Crippen LogP contribution in [0.2, 0.25) is 0 Å². The van der Waals surface area contributed by atoms with Crippen LogP contribution in [-0.4, -0.2) is 84.5 Å². The van der Waals surface area contributed by atoms with Crippen LogP contribution in [0.3, 0.4) is 0 Å². The highest BCUT2D eigenvalue weighted by Gasteiger charge is 2.38. The largest absolute Gasteiger partial charge is 0.461 e. The molecule has 2 aliphatic heterocycles. The summed E-state index contributed by atoms with van der Waals surface area (Å²) in [5, 5.41) is 0. The van der Waals surface area contributed by atoms with Crippen LogP contribution in [0, 0.1) is 10.8 Å². The molecule has 2 rings (SSSR count). The first kappa shape index (κ1) is 29.2. The van der Waals surface area contributed by atoms with Crippen molar-refractivity contribution < 1.29 is 38.2 Å². The highest BCUT2D eigenvalue weighted by Crippen LogP contribution is 2.22. The first-order valence-electron chi connectivity index (χ1n) is 12.5. The Labute approximate surface area is 212 Å². The van der Waals surface area contributed by atoms with Crippen LogP contribution in [0.5, 0.6) is 0 Å². The average molecular weight is 507 g/mol. The number of Topliss-reactive ketones (excluding diaryl/α,β-unsaturated/α-hetero) is 2. The van der Waals surface area contributed by atoms with E-state index in [1.165, 1.54) is 37.5 Å². The fraction of sp³-hybridized carbons (Fsp3) is 0.692. The molecule has 2 amide bonds. The van der Waals surface area contributed by atoms with Gasteiger partial charge in [0.15, 0.2) is 0 Å². The van der Waals surface area contributed by atoms with Crippen molar-refractivity contribution in [1.82, 2.24) is 9.80 Å². The summed E-state index contributed by atoms with van der Waals surface area (Å²) in [7, 11) is 0. The molecule has 0 aromatic carbocycles. The number of esters is 2. The quantitative estimate of drug-likeness (QED) is 0.250. The number of hydrogen-bond donors (Lipinski definition) is 0. The summed E-state index contributed by atoms with van der Waals surface area (Å²) in [5.41, 5.74) is -2.44. The molecule has 10 nitrogen and oxygen atoms in total. The average Bonchev–Trinajstić information content (AvgIpc) is 2.88. The lowest BCUT2D eigenvalue weighted by atomic mass is 9.88. The molecule has 0 N–H and O–H groups in total. The van der Waals surface area contributed by atoms with Gasteiger partial charge in [0.1, 0.15) is 13.2 Å². The Bertz CT molecular complexity index is 822. The molecule has 2 heterocycles. The SMILES string of the molecule is CC(C)(COC(=O)/C=C/C(=O)OCC(C)(C)C(=O)C(=O)N1CCCCC1)C(=O)C(=O)N1CCCCC1. The zero-order valence-electron chi connectivity index (χ0n) is 21.8. The number of hydrogen-bond acceptors (Lipinski definition) is 8. The van der Waals surface area contributed by atoms with E-state index in [1.807, 2.05) is 0 Å². The van der Waals surface area contributed by atoms with Gasteiger partial charge in [-0.15, -0.1) is 0 Å². The summed E-state index contributed by atoms with van der Waals surface area (Å²) in [6.07, 6.45) is 7.18. The van der Waals surface area contributed by atoms with Gasteiger partial charge in [0.05, 0.1) is 10.8 Å². The van der Waals surface area contributed by atoms with E-state index in [0.29, 0.717) is 26.2 Å². The van der Waals surface area contributed by atoms with Crippen molar-refractivity contribution in [3.63, 3.8) is 0 Å². The predicted octanol–water partition coefficient (Wildman–Crippen LogP) is 1.84. The van der Waals surface area contributed by atoms with E-state index in [2.05, 4.69) is 0 Å². The zero-order chi connectivity index (χ0) is 26.9. The number of amides is 2. The van der Waals surface area contributed by atoms with Crippen molar-refractivity contribution in [2.45, 2.75) is 66.2 Å². The highest BCUT2D eigenvalue weighted by molar-refractivity contribution is 6.38. The lowest BCUT2D eigenvalue weighted by molar-refractivity contribution is -0.154. The van der Waals surface area contributed by atoms with Gasteiger partial charge in [0.25, 0.3) is 11.8 Å². The van der Waals surface area contributed by atoms with Crippen LogP contribution in [0.1, 0.15) is 66.2 Å². The van der Waals surface area contributed by atoms with Gasteiger partial charge >= 0.3 is 11.9 Å². The number of carbonyl (C=O) groups excluding carboxylic acids is 6. The molecule has 0 atom stereocenters. The second-order valence-electron chi connectivity index (χ2n) is 10.7. The zero-order valence-corrected chi connectivity index (χ0v) is 21.8. The van der Waals surface area contributed by atoms with Crippen LogP contribution in [0.4, 0.5) is 0 Å². The van der Waals surface area contributed by atoms with Crippen molar-refractivity contribution in [3.05, 3.63) is 12.2 Å². The van der Waals surface area contributed by atoms with Gasteiger partial charge in [0.2, 0.25) is 11.6 Å². The van der Waals surface area contributed by atoms with Gasteiger partial charge in [-0.05, 0) is 66.2 Å². The van der Waals surface area contributed by atoms with Gasteiger partial charge in [0, 0.05) is 38.3 Å². The van der Waals surface area contributed by atoms with Crippen LogP contribution < -0.4 is 0 Å². The molecule has 0 saturated carbocycles. The second-order valence-corrected chi connectivity index (χ2v) is 10.7. The van der Waals surface area contributed by atoms with Crippen LogP contribution >= 0.6 is 0 Å². The van der Waals surface area contributed by atoms with Gasteiger partial charge in [-0.3, -0.25) is 19.2 Å². The molecule has 36 heavy (non-hydrogen) atoms. The molecule has 2 aliphatic rings. The van der Waals surface area contributed by atoms with Gasteiger partial charge < -0.3 is 19.3 Å². The summed E-state index contributed by atoms with van der Waals surface area (Å²) in [4.78, 5) is 77.2. The Kier molecular flexibility index (Phi) is 10.4. The molecule has 0 spiro atoms. The van der Waals surface area contributed by atoms with Crippen molar-refractivity contribution >= 4 is 35.3 Å². The van der Waals surface area contributed by atoms with E-state index in [1.54, 1.807) is 0 Å². The van der Waals surface area contributed by atoms with Gasteiger partial charge in [-0.25, -0.2) is 9.59 Å². The standard InChI is InChI=1S/C26H38N2O8/c1-25(2,21(31)23(33)27-13-7-5-8-14-27)17-35-19(29)11-12-20(30)36-18-26(3,4)22(32)24(34)28-15-9-6-10-16-28/h11-12H,5-10,13-18H2,1-4H3/b12-11+. The number of ether oxygens (including phenoxy) is 2. The molecular weight excluding hydrogens is 468 g/mol. The number of rotatable bonds is 10. The maximum atomic E-state index is 12.6. The van der Waals surface area contributed by atoms with E-state index in [9.17, 15) is 28.8 Å². The van der Waals surface area contributed by atoms with Crippen molar-refractivity contribution in [1.29, 1.82) is 0 Å². The molecule has 10 heteroatoms. The Hall–Kier alpha value is -3.04. The highest BCUT2D eigenvalue weighted by atomic mass is 16.5. The molecule has 0 aliphatic carbocycles. The molecule has 0 unspecified atom stereocenters. The third kappa shape index (κ3) is 8.27. The van der Waals surface area contributed by atoms with Crippen LogP contribution in [0.15, 0.2) is 12.2 Å². The maximum Gasteiger partial charge on any atom is 0.331 e. The van der Waals surface area contributed by atoms with Crippen LogP contribution in [0.25, 0.3) is 0 Å². The minimum absolute atomic E-state index is 0.330. The van der Waals surface area contributed by atoms with E-state index >= 15 is 0 Å². The normalized spacial score (nSPS) is 17.0. The van der Waals surface area contributed by atoms with Crippen molar-refractivity contribution in [2.24, 2.45) is 10.8 Å². The van der Waals surface area contributed by atoms with E-state index in [0.717, 1.165) is 50.7 Å². The summed E-state index contributed by atoms with van der Waals surface area (Å²) in [6.45, 7) is 7.59. The lowest BCUT2D eigenvalue weighted by Gasteiger charge is -2.29. The van der Waals surface area contributed by atoms with E-state index in [4.69, 9.17) is 9.47 Å². The second kappa shape index (κ2) is 12.8. The molecule has 200 valence electrons. The molecule has 0 bridgehead atoms. The maximum absolute atomic E-state index is 12.6. The first-order valence-corrected chi connectivity index (χ1v) is 12.5. The number of carbonyl (C=O) groups is 6. The minimum atomic E-state index is -1.22. The fourth-order valence-corrected chi connectivity index (χ4v) is 3.93.